The minimum atomic E-state index is 0.00193. The first-order valence-electron chi connectivity index (χ1n) is 10.0. The zero-order valence-electron chi connectivity index (χ0n) is 16.5. The number of amides is 1. The molecule has 4 rings (SSSR count). The monoisotopic (exact) mass is 391 g/mol. The average Bonchev–Trinajstić information content (AvgIpc) is 3.15. The van der Waals surface area contributed by atoms with Gasteiger partial charge in [-0.15, -0.1) is 0 Å². The number of aryl methyl sites for hydroxylation is 1. The van der Waals surface area contributed by atoms with Crippen molar-refractivity contribution in [1.29, 1.82) is 5.26 Å². The van der Waals surface area contributed by atoms with E-state index in [9.17, 15) is 10.1 Å². The lowest BCUT2D eigenvalue weighted by atomic mass is 10.0. The molecule has 1 unspecified atom stereocenters. The molecule has 0 bridgehead atoms. The predicted molar refractivity (Wildman–Crippen MR) is 112 cm³/mol. The zero-order chi connectivity index (χ0) is 20.4. The van der Waals surface area contributed by atoms with Gasteiger partial charge in [-0.05, 0) is 50.3 Å². The van der Waals surface area contributed by atoms with Crippen LogP contribution in [0.3, 0.4) is 0 Å². The molecular formula is C21H25N7O. The summed E-state index contributed by atoms with van der Waals surface area (Å²) in [6, 6.07) is 7.39. The number of hydrogen-bond acceptors (Lipinski definition) is 7. The number of benzene rings is 1. The van der Waals surface area contributed by atoms with Gasteiger partial charge in [0.1, 0.15) is 5.82 Å². The standard InChI is InChI=1S/C21H25N7O/c1-13(29)24-16-4-3-7-28(12-16)20-18-5-2-6-19(18)26-21(27-20)25-17-9-14(11-22)8-15(23)10-17/h8-10,16H,2-7,12,23H2,1H3,(H,24,29)(H,25,26,27). The van der Waals surface area contributed by atoms with E-state index in [0.29, 0.717) is 22.9 Å². The van der Waals surface area contributed by atoms with Gasteiger partial charge in [0.05, 0.1) is 17.3 Å². The van der Waals surface area contributed by atoms with Gasteiger partial charge >= 0.3 is 0 Å². The van der Waals surface area contributed by atoms with Crippen LogP contribution in [0.4, 0.5) is 23.1 Å². The Morgan fingerprint density at radius 2 is 2.14 bits per heavy atom. The Labute approximate surface area is 170 Å². The predicted octanol–water partition coefficient (Wildman–Crippen LogP) is 2.27. The van der Waals surface area contributed by atoms with E-state index in [1.807, 2.05) is 0 Å². The molecule has 0 spiro atoms. The van der Waals surface area contributed by atoms with Crippen molar-refractivity contribution in [2.24, 2.45) is 0 Å². The van der Waals surface area contributed by atoms with E-state index in [-0.39, 0.29) is 11.9 Å². The number of piperidine rings is 1. The van der Waals surface area contributed by atoms with E-state index < -0.39 is 0 Å². The normalized spacial score (nSPS) is 18.1. The molecule has 2 aromatic rings. The second-order valence-electron chi connectivity index (χ2n) is 7.72. The van der Waals surface area contributed by atoms with Crippen LogP contribution >= 0.6 is 0 Å². The second-order valence-corrected chi connectivity index (χ2v) is 7.72. The number of aromatic nitrogens is 2. The highest BCUT2D eigenvalue weighted by atomic mass is 16.1. The van der Waals surface area contributed by atoms with Crippen LogP contribution in [0.25, 0.3) is 0 Å². The van der Waals surface area contributed by atoms with Crippen molar-refractivity contribution < 1.29 is 4.79 Å². The average molecular weight is 391 g/mol. The van der Waals surface area contributed by atoms with E-state index in [4.69, 9.17) is 15.7 Å². The van der Waals surface area contributed by atoms with Crippen molar-refractivity contribution in [3.05, 3.63) is 35.0 Å². The number of nitrogen functional groups attached to an aromatic ring is 1. The van der Waals surface area contributed by atoms with Crippen LogP contribution in [0.15, 0.2) is 18.2 Å². The molecule has 8 heteroatoms. The first-order valence-corrected chi connectivity index (χ1v) is 10.0. The molecule has 2 aliphatic rings. The van der Waals surface area contributed by atoms with Crippen LogP contribution in [0.5, 0.6) is 0 Å². The van der Waals surface area contributed by atoms with Gasteiger partial charge in [0.2, 0.25) is 11.9 Å². The van der Waals surface area contributed by atoms with Gasteiger partial charge in [-0.3, -0.25) is 4.79 Å². The van der Waals surface area contributed by atoms with Crippen molar-refractivity contribution in [3.8, 4) is 6.07 Å². The highest BCUT2D eigenvalue weighted by Gasteiger charge is 2.27. The molecule has 1 amide bonds. The smallest absolute Gasteiger partial charge is 0.229 e. The molecule has 1 fully saturated rings. The third kappa shape index (κ3) is 4.24. The topological polar surface area (TPSA) is 120 Å². The quantitative estimate of drug-likeness (QED) is 0.684. The largest absolute Gasteiger partial charge is 0.399 e. The van der Waals surface area contributed by atoms with Crippen molar-refractivity contribution in [2.45, 2.75) is 45.1 Å². The summed E-state index contributed by atoms with van der Waals surface area (Å²) in [6.45, 7) is 3.22. The summed E-state index contributed by atoms with van der Waals surface area (Å²) in [7, 11) is 0. The van der Waals surface area contributed by atoms with Gasteiger partial charge in [0.15, 0.2) is 0 Å². The van der Waals surface area contributed by atoms with E-state index in [2.05, 4.69) is 21.6 Å². The minimum Gasteiger partial charge on any atom is -0.399 e. The molecule has 29 heavy (non-hydrogen) atoms. The summed E-state index contributed by atoms with van der Waals surface area (Å²) in [4.78, 5) is 23.3. The molecule has 150 valence electrons. The molecule has 1 saturated heterocycles. The van der Waals surface area contributed by atoms with E-state index in [0.717, 1.165) is 56.7 Å². The Morgan fingerprint density at radius 3 is 2.93 bits per heavy atom. The number of anilines is 4. The van der Waals surface area contributed by atoms with Gasteiger partial charge in [-0.25, -0.2) is 4.98 Å². The lowest BCUT2D eigenvalue weighted by Crippen LogP contribution is -2.47. The SMILES string of the molecule is CC(=O)NC1CCCN(c2nc(Nc3cc(N)cc(C#N)c3)nc3c2CCC3)C1. The summed E-state index contributed by atoms with van der Waals surface area (Å²) in [5.74, 6) is 1.47. The Hall–Kier alpha value is -3.34. The second kappa shape index (κ2) is 7.95. The summed E-state index contributed by atoms with van der Waals surface area (Å²) < 4.78 is 0. The molecule has 2 heterocycles. The molecule has 1 aromatic carbocycles. The minimum absolute atomic E-state index is 0.00193. The van der Waals surface area contributed by atoms with E-state index >= 15 is 0 Å². The fraction of sp³-hybridized carbons (Fsp3) is 0.429. The van der Waals surface area contributed by atoms with Crippen LogP contribution < -0.4 is 21.3 Å². The molecule has 1 atom stereocenters. The lowest BCUT2D eigenvalue weighted by Gasteiger charge is -2.35. The third-order valence-electron chi connectivity index (χ3n) is 5.38. The summed E-state index contributed by atoms with van der Waals surface area (Å²) >= 11 is 0. The Kier molecular flexibility index (Phi) is 5.21. The van der Waals surface area contributed by atoms with Gasteiger partial charge in [0, 0.05) is 43.0 Å². The van der Waals surface area contributed by atoms with Crippen molar-refractivity contribution in [1.82, 2.24) is 15.3 Å². The molecule has 1 aromatic heterocycles. The maximum absolute atomic E-state index is 11.5. The van der Waals surface area contributed by atoms with Crippen LogP contribution in [-0.4, -0.2) is 35.0 Å². The molecular weight excluding hydrogens is 366 g/mol. The molecule has 1 aliphatic carbocycles. The molecule has 0 saturated carbocycles. The number of hydrogen-bond donors (Lipinski definition) is 3. The Morgan fingerprint density at radius 1 is 1.28 bits per heavy atom. The number of carbonyl (C=O) groups excluding carboxylic acids is 1. The number of nitrogens with two attached hydrogens (primary N) is 1. The van der Waals surface area contributed by atoms with Gasteiger partial charge in [0.25, 0.3) is 0 Å². The Bertz CT molecular complexity index is 982. The molecule has 0 radical (unpaired) electrons. The number of nitrogens with zero attached hydrogens (tertiary/aromatic N) is 4. The van der Waals surface area contributed by atoms with Crippen LogP contribution in [0.2, 0.25) is 0 Å². The van der Waals surface area contributed by atoms with Crippen molar-refractivity contribution >= 4 is 29.0 Å². The fourth-order valence-electron chi connectivity index (χ4n) is 4.22. The van der Waals surface area contributed by atoms with Gasteiger partial charge < -0.3 is 21.3 Å². The highest BCUT2D eigenvalue weighted by molar-refractivity contribution is 5.73. The van der Waals surface area contributed by atoms with E-state index in [1.54, 1.807) is 25.1 Å². The summed E-state index contributed by atoms with van der Waals surface area (Å²) in [5.41, 5.74) is 9.89. The summed E-state index contributed by atoms with van der Waals surface area (Å²) in [5, 5.41) is 15.4. The van der Waals surface area contributed by atoms with Gasteiger partial charge in [-0.2, -0.15) is 10.2 Å². The number of nitriles is 1. The van der Waals surface area contributed by atoms with Crippen LogP contribution in [0, 0.1) is 11.3 Å². The highest BCUT2D eigenvalue weighted by Crippen LogP contribution is 2.32. The van der Waals surface area contributed by atoms with Crippen molar-refractivity contribution in [2.75, 3.05) is 29.0 Å². The number of fused-ring (bicyclic) bond motifs is 1. The van der Waals surface area contributed by atoms with Crippen molar-refractivity contribution in [3.63, 3.8) is 0 Å². The molecule has 1 aliphatic heterocycles. The maximum Gasteiger partial charge on any atom is 0.229 e. The van der Waals surface area contributed by atoms with Gasteiger partial charge in [-0.1, -0.05) is 0 Å². The third-order valence-corrected chi connectivity index (χ3v) is 5.38. The fourth-order valence-corrected chi connectivity index (χ4v) is 4.22. The number of nitrogens with one attached hydrogen (secondary N) is 2. The Balaban J connectivity index is 1.63. The number of carbonyl (C=O) groups is 1. The van der Waals surface area contributed by atoms with E-state index in [1.165, 1.54) is 5.56 Å². The lowest BCUT2D eigenvalue weighted by molar-refractivity contribution is -0.119. The maximum atomic E-state index is 11.5. The first kappa shape index (κ1) is 19.0. The summed E-state index contributed by atoms with van der Waals surface area (Å²) in [6.07, 6.45) is 4.97. The molecule has 4 N–H and O–H groups in total. The zero-order valence-corrected chi connectivity index (χ0v) is 16.5. The van der Waals surface area contributed by atoms with Crippen LogP contribution in [0.1, 0.15) is 43.0 Å². The number of rotatable bonds is 4. The molecule has 8 nitrogen and oxygen atoms in total. The first-order chi connectivity index (χ1) is 14.0. The van der Waals surface area contributed by atoms with Crippen LogP contribution in [-0.2, 0) is 17.6 Å².